The number of nitrogens with one attached hydrogen (secondary N) is 1. The van der Waals surface area contributed by atoms with Crippen LogP contribution >= 0.6 is 11.6 Å². The van der Waals surface area contributed by atoms with Crippen LogP contribution in [0.15, 0.2) is 18.2 Å². The van der Waals surface area contributed by atoms with E-state index in [4.69, 9.17) is 17.4 Å². The molecule has 1 aromatic carbocycles. The van der Waals surface area contributed by atoms with Gasteiger partial charge >= 0.3 is 0 Å². The number of benzene rings is 1. The molecule has 1 aromatic rings. The fourth-order valence-corrected chi connectivity index (χ4v) is 2.17. The molecule has 102 valence electrons. The summed E-state index contributed by atoms with van der Waals surface area (Å²) in [6, 6.07) is 4.91. The van der Waals surface area contributed by atoms with E-state index < -0.39 is 0 Å². The van der Waals surface area contributed by atoms with Gasteiger partial charge in [-0.05, 0) is 30.5 Å². The highest BCUT2D eigenvalue weighted by atomic mass is 35.5. The van der Waals surface area contributed by atoms with Gasteiger partial charge in [0, 0.05) is 11.1 Å². The Morgan fingerprint density at radius 2 is 2.11 bits per heavy atom. The summed E-state index contributed by atoms with van der Waals surface area (Å²) >= 11 is 5.73. The van der Waals surface area contributed by atoms with Gasteiger partial charge in [0.1, 0.15) is 5.82 Å². The van der Waals surface area contributed by atoms with Crippen LogP contribution in [0.5, 0.6) is 0 Å². The molecule has 0 spiro atoms. The zero-order chi connectivity index (χ0) is 13.4. The number of rotatable bonds is 8. The van der Waals surface area contributed by atoms with Crippen molar-refractivity contribution in [2.24, 2.45) is 5.84 Å². The van der Waals surface area contributed by atoms with Crippen LogP contribution in [0.25, 0.3) is 0 Å². The normalized spacial score (nSPS) is 12.7. The van der Waals surface area contributed by atoms with Crippen LogP contribution in [0.3, 0.4) is 0 Å². The van der Waals surface area contributed by atoms with E-state index in [0.29, 0.717) is 17.0 Å². The molecule has 18 heavy (non-hydrogen) atoms. The smallest absolute Gasteiger partial charge is 0.127 e. The highest BCUT2D eigenvalue weighted by Crippen LogP contribution is 2.17. The summed E-state index contributed by atoms with van der Waals surface area (Å²) in [6.45, 7) is 2.18. The second kappa shape index (κ2) is 8.46. The lowest BCUT2D eigenvalue weighted by molar-refractivity contribution is 0.455. The van der Waals surface area contributed by atoms with Crippen molar-refractivity contribution in [2.45, 2.75) is 51.5 Å². The predicted octanol–water partition coefficient (Wildman–Crippen LogP) is 3.82. The van der Waals surface area contributed by atoms with E-state index in [0.717, 1.165) is 12.8 Å². The third kappa shape index (κ3) is 5.34. The molecule has 0 aliphatic rings. The molecule has 0 bridgehead atoms. The van der Waals surface area contributed by atoms with Gasteiger partial charge in [0.05, 0.1) is 0 Å². The lowest BCUT2D eigenvalue weighted by atomic mass is 10.0. The number of unbranched alkanes of at least 4 members (excludes halogenated alkanes) is 3. The Kier molecular flexibility index (Phi) is 7.25. The van der Waals surface area contributed by atoms with Crippen molar-refractivity contribution >= 4 is 11.6 Å². The summed E-state index contributed by atoms with van der Waals surface area (Å²) in [5, 5.41) is 0.427. The molecule has 4 heteroatoms. The van der Waals surface area contributed by atoms with Crippen LogP contribution in [0, 0.1) is 5.82 Å². The van der Waals surface area contributed by atoms with E-state index in [-0.39, 0.29) is 11.9 Å². The van der Waals surface area contributed by atoms with Gasteiger partial charge in [-0.2, -0.15) is 0 Å². The molecule has 0 saturated carbocycles. The highest BCUT2D eigenvalue weighted by molar-refractivity contribution is 6.30. The van der Waals surface area contributed by atoms with Crippen molar-refractivity contribution in [1.29, 1.82) is 0 Å². The van der Waals surface area contributed by atoms with Crippen LogP contribution in [-0.2, 0) is 6.42 Å². The summed E-state index contributed by atoms with van der Waals surface area (Å²) in [7, 11) is 0. The summed E-state index contributed by atoms with van der Waals surface area (Å²) in [5.41, 5.74) is 3.43. The summed E-state index contributed by atoms with van der Waals surface area (Å²) in [6.07, 6.45) is 6.36. The number of nitrogens with two attached hydrogens (primary N) is 1. The molecule has 0 amide bonds. The van der Waals surface area contributed by atoms with Crippen LogP contribution in [-0.4, -0.2) is 6.04 Å². The average molecular weight is 273 g/mol. The first-order chi connectivity index (χ1) is 8.67. The topological polar surface area (TPSA) is 38.0 Å². The number of hydrazine groups is 1. The quantitative estimate of drug-likeness (QED) is 0.429. The largest absolute Gasteiger partial charge is 0.271 e. The third-order valence-corrected chi connectivity index (χ3v) is 3.36. The molecular weight excluding hydrogens is 251 g/mol. The lowest BCUT2D eigenvalue weighted by Crippen LogP contribution is -2.36. The first-order valence-corrected chi connectivity index (χ1v) is 6.95. The Morgan fingerprint density at radius 3 is 2.72 bits per heavy atom. The Morgan fingerprint density at radius 1 is 1.33 bits per heavy atom. The lowest BCUT2D eigenvalue weighted by Gasteiger charge is -2.16. The van der Waals surface area contributed by atoms with E-state index in [1.807, 2.05) is 0 Å². The van der Waals surface area contributed by atoms with Gasteiger partial charge in [-0.3, -0.25) is 11.3 Å². The van der Waals surface area contributed by atoms with Gasteiger partial charge in [-0.25, -0.2) is 4.39 Å². The molecule has 0 aromatic heterocycles. The Hall–Kier alpha value is -0.640. The predicted molar refractivity (Wildman–Crippen MR) is 75.0 cm³/mol. The molecule has 0 saturated heterocycles. The van der Waals surface area contributed by atoms with Crippen LogP contribution < -0.4 is 11.3 Å². The standard InChI is InChI=1S/C14H22ClFN2/c1-2-3-4-5-6-13(18-17)9-11-7-8-12(15)10-14(11)16/h7-8,10,13,18H,2-6,9,17H2,1H3. The monoisotopic (exact) mass is 272 g/mol. The molecule has 0 radical (unpaired) electrons. The molecule has 1 unspecified atom stereocenters. The Bertz CT molecular complexity index is 358. The van der Waals surface area contributed by atoms with Crippen molar-refractivity contribution in [3.8, 4) is 0 Å². The van der Waals surface area contributed by atoms with Gasteiger partial charge < -0.3 is 0 Å². The van der Waals surface area contributed by atoms with Gasteiger partial charge in [0.2, 0.25) is 0 Å². The average Bonchev–Trinajstić information content (AvgIpc) is 2.35. The van der Waals surface area contributed by atoms with Gasteiger partial charge in [0.25, 0.3) is 0 Å². The van der Waals surface area contributed by atoms with Gasteiger partial charge in [-0.15, -0.1) is 0 Å². The van der Waals surface area contributed by atoms with Crippen molar-refractivity contribution in [3.63, 3.8) is 0 Å². The van der Waals surface area contributed by atoms with Crippen molar-refractivity contribution in [2.75, 3.05) is 0 Å². The zero-order valence-electron chi connectivity index (χ0n) is 10.9. The van der Waals surface area contributed by atoms with Crippen LogP contribution in [0.1, 0.15) is 44.6 Å². The maximum absolute atomic E-state index is 13.6. The molecule has 2 nitrogen and oxygen atoms in total. The summed E-state index contributed by atoms with van der Waals surface area (Å²) in [5.74, 6) is 5.26. The number of hydrogen-bond donors (Lipinski definition) is 2. The van der Waals surface area contributed by atoms with Crippen molar-refractivity contribution in [1.82, 2.24) is 5.43 Å². The number of halogens is 2. The molecule has 3 N–H and O–H groups in total. The van der Waals surface area contributed by atoms with E-state index in [1.165, 1.54) is 25.3 Å². The van der Waals surface area contributed by atoms with Crippen LogP contribution in [0.4, 0.5) is 4.39 Å². The Balaban J connectivity index is 2.46. The first-order valence-electron chi connectivity index (χ1n) is 6.57. The molecule has 1 rings (SSSR count). The minimum absolute atomic E-state index is 0.123. The summed E-state index contributed by atoms with van der Waals surface area (Å²) in [4.78, 5) is 0. The molecule has 0 aliphatic heterocycles. The fraction of sp³-hybridized carbons (Fsp3) is 0.571. The third-order valence-electron chi connectivity index (χ3n) is 3.12. The Labute approximate surface area is 114 Å². The van der Waals surface area contributed by atoms with Crippen molar-refractivity contribution < 1.29 is 4.39 Å². The van der Waals surface area contributed by atoms with E-state index in [9.17, 15) is 4.39 Å². The maximum atomic E-state index is 13.6. The fourth-order valence-electron chi connectivity index (χ4n) is 2.01. The zero-order valence-corrected chi connectivity index (χ0v) is 11.6. The molecule has 0 fully saturated rings. The highest BCUT2D eigenvalue weighted by Gasteiger charge is 2.11. The minimum Gasteiger partial charge on any atom is -0.271 e. The molecule has 0 aliphatic carbocycles. The molecule has 1 atom stereocenters. The maximum Gasteiger partial charge on any atom is 0.127 e. The van der Waals surface area contributed by atoms with Crippen molar-refractivity contribution in [3.05, 3.63) is 34.6 Å². The summed E-state index contributed by atoms with van der Waals surface area (Å²) < 4.78 is 13.6. The van der Waals surface area contributed by atoms with E-state index >= 15 is 0 Å². The second-order valence-corrected chi connectivity index (χ2v) is 5.09. The van der Waals surface area contributed by atoms with E-state index in [1.54, 1.807) is 12.1 Å². The molecular formula is C14H22ClFN2. The molecule has 0 heterocycles. The minimum atomic E-state index is -0.253. The second-order valence-electron chi connectivity index (χ2n) is 4.65. The SMILES string of the molecule is CCCCCCC(Cc1ccc(Cl)cc1F)NN. The van der Waals surface area contributed by atoms with Crippen LogP contribution in [0.2, 0.25) is 5.02 Å². The first kappa shape index (κ1) is 15.4. The van der Waals surface area contributed by atoms with Gasteiger partial charge in [-0.1, -0.05) is 50.3 Å². The van der Waals surface area contributed by atoms with Gasteiger partial charge in [0.15, 0.2) is 0 Å². The number of hydrogen-bond acceptors (Lipinski definition) is 2. The van der Waals surface area contributed by atoms with E-state index in [2.05, 4.69) is 12.3 Å².